The van der Waals surface area contributed by atoms with Crippen molar-refractivity contribution in [3.8, 4) is 0 Å². The average Bonchev–Trinajstić information content (AvgIpc) is 3.78. The van der Waals surface area contributed by atoms with Crippen LogP contribution in [0.25, 0.3) is 0 Å². The predicted octanol–water partition coefficient (Wildman–Crippen LogP) is 4.43. The van der Waals surface area contributed by atoms with Crippen molar-refractivity contribution in [3.05, 3.63) is 48.5 Å². The van der Waals surface area contributed by atoms with E-state index >= 15 is 8.78 Å². The lowest BCUT2D eigenvalue weighted by Gasteiger charge is -2.63. The molecule has 10 atom stereocenters. The van der Waals surface area contributed by atoms with Gasteiger partial charge in [-0.05, 0) is 62.0 Å². The number of aliphatic hydroxyl groups excluding tert-OH is 1. The number of halogens is 2. The van der Waals surface area contributed by atoms with E-state index in [4.69, 9.17) is 9.57 Å². The SMILES string of the molecule is CCN1C[C@@H]2C[C@H]3[C@@H]4C[C@H](F)C5=CC(=O)C=C[C@]5(C)[C@@]4(F)[C@@H](O)C[C@]3(C)[C@]2(C(=O)CSC2CCOC2=O)O1.c1ccoc1. The molecular formula is C32H39F2NO7S. The second kappa shape index (κ2) is 10.9. The molecule has 234 valence electrons. The first kappa shape index (κ1) is 30.7. The smallest absolute Gasteiger partial charge is 0.319 e. The highest BCUT2D eigenvalue weighted by molar-refractivity contribution is 8.01. The van der Waals surface area contributed by atoms with Gasteiger partial charge < -0.3 is 14.3 Å². The molecule has 8 nitrogen and oxygen atoms in total. The zero-order valence-electron chi connectivity index (χ0n) is 24.7. The molecule has 7 rings (SSSR count). The molecule has 3 heterocycles. The molecule has 2 aliphatic heterocycles. The van der Waals surface area contributed by atoms with E-state index in [1.165, 1.54) is 30.0 Å². The van der Waals surface area contributed by atoms with Crippen LogP contribution < -0.4 is 0 Å². The molecule has 0 radical (unpaired) electrons. The zero-order valence-corrected chi connectivity index (χ0v) is 25.5. The number of hydroxylamine groups is 2. The van der Waals surface area contributed by atoms with Gasteiger partial charge in [-0.25, -0.2) is 8.78 Å². The summed E-state index contributed by atoms with van der Waals surface area (Å²) in [6.07, 6.45) is 4.95. The van der Waals surface area contributed by atoms with Crippen molar-refractivity contribution in [2.24, 2.45) is 28.6 Å². The van der Waals surface area contributed by atoms with Crippen molar-refractivity contribution >= 4 is 29.3 Å². The number of hydrogen-bond donors (Lipinski definition) is 1. The zero-order chi connectivity index (χ0) is 30.8. The second-order valence-electron chi connectivity index (χ2n) is 13.1. The van der Waals surface area contributed by atoms with Gasteiger partial charge in [-0.3, -0.25) is 19.2 Å². The van der Waals surface area contributed by atoms with Crippen molar-refractivity contribution in [2.75, 3.05) is 25.4 Å². The Morgan fingerprint density at radius 2 is 1.93 bits per heavy atom. The number of alkyl halides is 2. The van der Waals surface area contributed by atoms with Gasteiger partial charge in [-0.1, -0.05) is 19.9 Å². The van der Waals surface area contributed by atoms with Crippen LogP contribution in [0, 0.1) is 28.6 Å². The Labute approximate surface area is 254 Å². The number of fused-ring (bicyclic) bond motifs is 7. The highest BCUT2D eigenvalue weighted by Crippen LogP contribution is 2.72. The molecule has 1 aromatic heterocycles. The average molecular weight is 620 g/mol. The van der Waals surface area contributed by atoms with Crippen LogP contribution in [0.2, 0.25) is 0 Å². The summed E-state index contributed by atoms with van der Waals surface area (Å²) < 4.78 is 42.8. The number of ketones is 2. The lowest BCUT2D eigenvalue weighted by Crippen LogP contribution is -2.70. The van der Waals surface area contributed by atoms with Crippen LogP contribution in [0.4, 0.5) is 8.78 Å². The van der Waals surface area contributed by atoms with Crippen LogP contribution in [0.3, 0.4) is 0 Å². The second-order valence-corrected chi connectivity index (χ2v) is 14.3. The lowest BCUT2D eigenvalue weighted by molar-refractivity contribution is -0.264. The number of carbonyl (C=O) groups is 3. The lowest BCUT2D eigenvalue weighted by atomic mass is 9.44. The van der Waals surface area contributed by atoms with E-state index in [0.29, 0.717) is 32.5 Å². The van der Waals surface area contributed by atoms with Crippen LogP contribution in [0.5, 0.6) is 0 Å². The Bertz CT molecular complexity index is 1320. The van der Waals surface area contributed by atoms with Crippen molar-refractivity contribution in [3.63, 3.8) is 0 Å². The fourth-order valence-corrected chi connectivity index (χ4v) is 10.2. The number of thioether (sulfide) groups is 1. The number of rotatable bonds is 5. The third-order valence-electron chi connectivity index (χ3n) is 11.2. The van der Waals surface area contributed by atoms with Crippen molar-refractivity contribution in [1.82, 2.24) is 5.06 Å². The highest BCUT2D eigenvalue weighted by Gasteiger charge is 2.79. The van der Waals surface area contributed by atoms with Crippen LogP contribution in [0.15, 0.2) is 52.9 Å². The molecule has 1 aromatic rings. The van der Waals surface area contributed by atoms with Gasteiger partial charge in [0.25, 0.3) is 0 Å². The maximum Gasteiger partial charge on any atom is 0.319 e. The van der Waals surface area contributed by atoms with Gasteiger partial charge in [0.15, 0.2) is 22.8 Å². The number of nitrogens with zero attached hydrogens (tertiary/aromatic N) is 1. The third kappa shape index (κ3) is 4.35. The number of ether oxygens (including phenoxy) is 1. The van der Waals surface area contributed by atoms with E-state index < -0.39 is 51.5 Å². The summed E-state index contributed by atoms with van der Waals surface area (Å²) in [5, 5.41) is 13.0. The standard InChI is InChI=1S/C28H35F2NO6S.C4H4O/c1-4-31-13-15-9-17-18-11-20(29)19-10-16(32)5-7-25(19,2)27(18,30)22(33)12-26(17,3)28(15,37-31)23(34)14-38-21-6-8-36-24(21)35;1-2-4-5-3-1/h5,7,10,15,17-18,20-22,33H,4,6,8-9,11-14H2,1-3H3;1-4H/t15-,17-,18-,20-,21?,22-,25-,26-,27-,28-;/m0./s1. The maximum atomic E-state index is 17.5. The monoisotopic (exact) mass is 619 g/mol. The molecule has 3 saturated carbocycles. The van der Waals surface area contributed by atoms with E-state index in [0.717, 1.165) is 0 Å². The first-order chi connectivity index (χ1) is 20.4. The molecule has 0 bridgehead atoms. The molecule has 5 fully saturated rings. The largest absolute Gasteiger partial charge is 0.473 e. The molecule has 2 saturated heterocycles. The fraction of sp³-hybridized carbons (Fsp3) is 0.656. The summed E-state index contributed by atoms with van der Waals surface area (Å²) in [6.45, 7) is 6.80. The number of cyclic esters (lactones) is 1. The van der Waals surface area contributed by atoms with Gasteiger partial charge in [-0.15, -0.1) is 11.8 Å². The minimum atomic E-state index is -2.20. The van der Waals surface area contributed by atoms with Gasteiger partial charge in [0.2, 0.25) is 0 Å². The molecular weight excluding hydrogens is 580 g/mol. The number of esters is 1. The number of furan rings is 1. The van der Waals surface area contributed by atoms with Crippen LogP contribution in [0.1, 0.15) is 46.5 Å². The summed E-state index contributed by atoms with van der Waals surface area (Å²) >= 11 is 1.25. The van der Waals surface area contributed by atoms with Crippen molar-refractivity contribution in [1.29, 1.82) is 0 Å². The van der Waals surface area contributed by atoms with E-state index in [1.54, 1.807) is 24.5 Å². The Morgan fingerprint density at radius 3 is 2.56 bits per heavy atom. The molecule has 4 aliphatic carbocycles. The Balaban J connectivity index is 0.000000599. The molecule has 43 heavy (non-hydrogen) atoms. The number of carbonyl (C=O) groups excluding carboxylic acids is 3. The molecule has 6 aliphatic rings. The first-order valence-electron chi connectivity index (χ1n) is 15.1. The Kier molecular flexibility index (Phi) is 7.79. The minimum Gasteiger partial charge on any atom is -0.473 e. The minimum absolute atomic E-state index is 0.0256. The van der Waals surface area contributed by atoms with E-state index in [-0.39, 0.29) is 47.6 Å². The predicted molar refractivity (Wildman–Crippen MR) is 154 cm³/mol. The first-order valence-corrected chi connectivity index (χ1v) is 16.2. The van der Waals surface area contributed by atoms with Crippen LogP contribution >= 0.6 is 11.8 Å². The quantitative estimate of drug-likeness (QED) is 0.479. The summed E-state index contributed by atoms with van der Waals surface area (Å²) in [5.74, 6) is -2.35. The van der Waals surface area contributed by atoms with E-state index in [9.17, 15) is 19.5 Å². The molecule has 0 spiro atoms. The van der Waals surface area contributed by atoms with Gasteiger partial charge in [0.05, 0.1) is 31.0 Å². The highest BCUT2D eigenvalue weighted by atomic mass is 32.2. The summed E-state index contributed by atoms with van der Waals surface area (Å²) in [4.78, 5) is 44.7. The topological polar surface area (TPSA) is 106 Å². The van der Waals surface area contributed by atoms with E-state index in [2.05, 4.69) is 4.42 Å². The van der Waals surface area contributed by atoms with Gasteiger partial charge >= 0.3 is 5.97 Å². The summed E-state index contributed by atoms with van der Waals surface area (Å²) in [5.41, 5.74) is -5.82. The number of aliphatic hydroxyl groups is 1. The fourth-order valence-electron chi connectivity index (χ4n) is 9.15. The van der Waals surface area contributed by atoms with Crippen molar-refractivity contribution in [2.45, 2.75) is 75.2 Å². The van der Waals surface area contributed by atoms with E-state index in [1.807, 2.05) is 26.0 Å². The van der Waals surface area contributed by atoms with Gasteiger partial charge in [0.1, 0.15) is 11.4 Å². The number of allylic oxidation sites excluding steroid dienone is 4. The molecule has 11 heteroatoms. The number of Topliss-reactive ketones (excluding diaryl/α,β-unsaturated/α-hetero) is 1. The van der Waals surface area contributed by atoms with Gasteiger partial charge in [-0.2, -0.15) is 5.06 Å². The van der Waals surface area contributed by atoms with Crippen molar-refractivity contribution < 1.29 is 42.3 Å². The third-order valence-corrected chi connectivity index (χ3v) is 12.4. The molecule has 0 aromatic carbocycles. The molecule has 1 unspecified atom stereocenters. The normalized spacial score (nSPS) is 44.8. The van der Waals surface area contributed by atoms with Crippen LogP contribution in [-0.4, -0.2) is 82.0 Å². The van der Waals surface area contributed by atoms with Gasteiger partial charge in [0, 0.05) is 42.2 Å². The Morgan fingerprint density at radius 1 is 1.19 bits per heavy atom. The molecule has 0 amide bonds. The maximum absolute atomic E-state index is 17.5. The molecule has 1 N–H and O–H groups in total. The summed E-state index contributed by atoms with van der Waals surface area (Å²) in [7, 11) is 0. The Hall–Kier alpha value is -2.34. The number of hydrogen-bond acceptors (Lipinski definition) is 9. The summed E-state index contributed by atoms with van der Waals surface area (Å²) in [6, 6.07) is 3.67. The van der Waals surface area contributed by atoms with Crippen LogP contribution in [-0.2, 0) is 24.0 Å².